The third-order valence-corrected chi connectivity index (χ3v) is 4.13. The molecule has 1 aliphatic rings. The monoisotopic (exact) mass is 329 g/mol. The smallest absolute Gasteiger partial charge is 0.416 e. The normalized spacial score (nSPS) is 22.0. The van der Waals surface area contributed by atoms with E-state index in [0.29, 0.717) is 12.8 Å². The highest BCUT2D eigenvalue weighted by Crippen LogP contribution is 2.32. The molecule has 2 atom stereocenters. The van der Waals surface area contributed by atoms with Crippen molar-refractivity contribution in [1.29, 1.82) is 0 Å². The van der Waals surface area contributed by atoms with Gasteiger partial charge < -0.3 is 10.0 Å². The zero-order valence-electron chi connectivity index (χ0n) is 12.6. The van der Waals surface area contributed by atoms with Crippen LogP contribution in [0.2, 0.25) is 0 Å². The first-order valence-electron chi connectivity index (χ1n) is 7.37. The topological polar surface area (TPSA) is 57.6 Å². The van der Waals surface area contributed by atoms with Crippen LogP contribution in [-0.4, -0.2) is 34.5 Å². The Bertz CT molecular complexity index is 600. The maximum atomic E-state index is 13.0. The summed E-state index contributed by atoms with van der Waals surface area (Å²) in [6, 6.07) is 3.91. The number of hydrogen-bond acceptors (Lipinski definition) is 2. The average molecular weight is 329 g/mol. The summed E-state index contributed by atoms with van der Waals surface area (Å²) in [6.45, 7) is 2.15. The second kappa shape index (κ2) is 6.60. The van der Waals surface area contributed by atoms with Crippen LogP contribution in [0.15, 0.2) is 24.3 Å². The summed E-state index contributed by atoms with van der Waals surface area (Å²) in [4.78, 5) is 24.9. The Labute approximate surface area is 131 Å². The number of hydrogen-bond donors (Lipinski definition) is 1. The number of carbonyl (C=O) groups excluding carboxylic acids is 1. The lowest BCUT2D eigenvalue weighted by atomic mass is 9.91. The van der Waals surface area contributed by atoms with Crippen LogP contribution in [0.3, 0.4) is 0 Å². The Morgan fingerprint density at radius 2 is 1.96 bits per heavy atom. The summed E-state index contributed by atoms with van der Waals surface area (Å²) >= 11 is 0. The number of carbonyl (C=O) groups is 2. The number of likely N-dealkylation sites (tertiary alicyclic amines) is 1. The third kappa shape index (κ3) is 4.03. The van der Waals surface area contributed by atoms with Crippen LogP contribution >= 0.6 is 0 Å². The molecule has 0 radical (unpaired) electrons. The van der Waals surface area contributed by atoms with Gasteiger partial charge in [0.25, 0.3) is 0 Å². The highest BCUT2D eigenvalue weighted by Gasteiger charge is 2.37. The molecule has 0 saturated carbocycles. The Morgan fingerprint density at radius 1 is 1.30 bits per heavy atom. The van der Waals surface area contributed by atoms with Crippen molar-refractivity contribution in [3.05, 3.63) is 35.4 Å². The van der Waals surface area contributed by atoms with E-state index in [0.717, 1.165) is 6.07 Å². The van der Waals surface area contributed by atoms with Gasteiger partial charge in [-0.25, -0.2) is 4.79 Å². The molecule has 0 aromatic heterocycles. The van der Waals surface area contributed by atoms with Crippen molar-refractivity contribution >= 4 is 11.9 Å². The van der Waals surface area contributed by atoms with E-state index in [9.17, 15) is 27.9 Å². The number of halogens is 3. The lowest BCUT2D eigenvalue weighted by Crippen LogP contribution is -2.50. The van der Waals surface area contributed by atoms with Crippen molar-refractivity contribution in [2.75, 3.05) is 6.54 Å². The van der Waals surface area contributed by atoms with Gasteiger partial charge in [-0.2, -0.15) is 13.2 Å². The van der Waals surface area contributed by atoms with E-state index in [1.807, 2.05) is 6.92 Å². The van der Waals surface area contributed by atoms with E-state index in [2.05, 4.69) is 0 Å². The molecule has 0 bridgehead atoms. The lowest BCUT2D eigenvalue weighted by molar-refractivity contribution is -0.153. The van der Waals surface area contributed by atoms with Gasteiger partial charge >= 0.3 is 12.1 Å². The van der Waals surface area contributed by atoms with Crippen LogP contribution in [0.5, 0.6) is 0 Å². The Balaban J connectivity index is 2.20. The van der Waals surface area contributed by atoms with Crippen molar-refractivity contribution in [2.45, 2.75) is 38.4 Å². The van der Waals surface area contributed by atoms with Gasteiger partial charge in [0.1, 0.15) is 6.04 Å². The van der Waals surface area contributed by atoms with Gasteiger partial charge in [0.15, 0.2) is 0 Å². The van der Waals surface area contributed by atoms with Gasteiger partial charge in [-0.15, -0.1) is 0 Å². The van der Waals surface area contributed by atoms with Gasteiger partial charge in [-0.05, 0) is 30.4 Å². The summed E-state index contributed by atoms with van der Waals surface area (Å²) in [5.41, 5.74) is -0.988. The van der Waals surface area contributed by atoms with Crippen molar-refractivity contribution in [2.24, 2.45) is 5.92 Å². The number of rotatable bonds is 3. The molecule has 1 aromatic rings. The molecule has 2 unspecified atom stereocenters. The van der Waals surface area contributed by atoms with Gasteiger partial charge in [0.05, 0.1) is 12.0 Å². The van der Waals surface area contributed by atoms with Gasteiger partial charge in [-0.1, -0.05) is 25.1 Å². The van der Waals surface area contributed by atoms with Crippen molar-refractivity contribution < 1.29 is 27.9 Å². The summed E-state index contributed by atoms with van der Waals surface area (Å²) in [5, 5.41) is 9.25. The summed E-state index contributed by atoms with van der Waals surface area (Å²) in [5.74, 6) is -1.53. The number of carboxylic acids is 1. The molecule has 7 heteroatoms. The highest BCUT2D eigenvalue weighted by molar-refractivity contribution is 5.85. The molecule has 4 nitrogen and oxygen atoms in total. The van der Waals surface area contributed by atoms with E-state index in [-0.39, 0.29) is 18.0 Å². The molecule has 0 spiro atoms. The number of nitrogens with zero attached hydrogens (tertiary/aromatic N) is 1. The van der Waals surface area contributed by atoms with Gasteiger partial charge in [-0.3, -0.25) is 4.79 Å². The molecular weight excluding hydrogens is 311 g/mol. The molecule has 1 fully saturated rings. The fraction of sp³-hybridized carbons (Fsp3) is 0.500. The molecule has 126 valence electrons. The van der Waals surface area contributed by atoms with Gasteiger partial charge in [0, 0.05) is 6.54 Å². The quantitative estimate of drug-likeness (QED) is 0.927. The maximum Gasteiger partial charge on any atom is 0.416 e. The van der Waals surface area contributed by atoms with Crippen LogP contribution in [0.4, 0.5) is 13.2 Å². The van der Waals surface area contributed by atoms with E-state index < -0.39 is 36.1 Å². The van der Waals surface area contributed by atoms with Crippen molar-refractivity contribution in [3.63, 3.8) is 0 Å². The lowest BCUT2D eigenvalue weighted by Gasteiger charge is -2.36. The molecule has 23 heavy (non-hydrogen) atoms. The molecule has 1 N–H and O–H groups in total. The third-order valence-electron chi connectivity index (χ3n) is 4.13. The standard InChI is InChI=1S/C16H18F3NO3/c1-10-6-7-20(13(8-10)15(22)23)14(21)9-11-4-2-3-5-12(11)16(17,18)19/h2-5,10,13H,6-9H2,1H3,(H,22,23). The predicted octanol–water partition coefficient (Wildman–Crippen LogP) is 2.96. The first-order chi connectivity index (χ1) is 10.7. The van der Waals surface area contributed by atoms with Crippen LogP contribution in [0, 0.1) is 5.92 Å². The first kappa shape index (κ1) is 17.3. The maximum absolute atomic E-state index is 13.0. The number of carboxylic acid groups (broad SMARTS) is 1. The van der Waals surface area contributed by atoms with Crippen LogP contribution in [0.25, 0.3) is 0 Å². The van der Waals surface area contributed by atoms with E-state index in [1.165, 1.54) is 23.1 Å². The molecule has 0 aliphatic carbocycles. The minimum atomic E-state index is -4.54. The number of benzene rings is 1. The zero-order chi connectivity index (χ0) is 17.2. The highest BCUT2D eigenvalue weighted by atomic mass is 19.4. The molecule has 1 aliphatic heterocycles. The van der Waals surface area contributed by atoms with Gasteiger partial charge in [0.2, 0.25) is 5.91 Å². The van der Waals surface area contributed by atoms with E-state index >= 15 is 0 Å². The molecule has 1 saturated heterocycles. The fourth-order valence-electron chi connectivity index (χ4n) is 2.89. The van der Waals surface area contributed by atoms with Crippen LogP contribution in [-0.2, 0) is 22.2 Å². The van der Waals surface area contributed by atoms with E-state index in [1.54, 1.807) is 0 Å². The molecule has 1 amide bonds. The van der Waals surface area contributed by atoms with E-state index in [4.69, 9.17) is 0 Å². The first-order valence-corrected chi connectivity index (χ1v) is 7.37. The van der Waals surface area contributed by atoms with Crippen molar-refractivity contribution in [1.82, 2.24) is 4.90 Å². The average Bonchev–Trinajstić information content (AvgIpc) is 2.46. The number of piperidine rings is 1. The molecule has 1 aromatic carbocycles. The minimum absolute atomic E-state index is 0.132. The molecule has 1 heterocycles. The second-order valence-electron chi connectivity index (χ2n) is 5.90. The number of alkyl halides is 3. The van der Waals surface area contributed by atoms with Crippen molar-refractivity contribution in [3.8, 4) is 0 Å². The zero-order valence-corrected chi connectivity index (χ0v) is 12.6. The summed E-state index contributed by atoms with van der Waals surface area (Å²) in [6.07, 6.45) is -4.02. The van der Waals surface area contributed by atoms with Crippen LogP contribution in [0.1, 0.15) is 30.9 Å². The summed E-state index contributed by atoms with van der Waals surface area (Å²) in [7, 11) is 0. The number of aliphatic carboxylic acids is 1. The van der Waals surface area contributed by atoms with Crippen LogP contribution < -0.4 is 0 Å². The molecular formula is C16H18F3NO3. The number of amides is 1. The molecule has 2 rings (SSSR count). The predicted molar refractivity (Wildman–Crippen MR) is 76.7 cm³/mol. The Kier molecular flexibility index (Phi) is 4.97. The summed E-state index contributed by atoms with van der Waals surface area (Å²) < 4.78 is 38.9. The Hall–Kier alpha value is -2.05. The fourth-order valence-corrected chi connectivity index (χ4v) is 2.89. The Morgan fingerprint density at radius 3 is 2.57 bits per heavy atom. The second-order valence-corrected chi connectivity index (χ2v) is 5.90. The SMILES string of the molecule is CC1CCN(C(=O)Cc2ccccc2C(F)(F)F)C(C(=O)O)C1. The largest absolute Gasteiger partial charge is 0.480 e. The minimum Gasteiger partial charge on any atom is -0.480 e.